The zero-order valence-electron chi connectivity index (χ0n) is 14.6. The minimum atomic E-state index is 0.656. The maximum Gasteiger partial charge on any atom is 0.191 e. The molecule has 1 heterocycles. The van der Waals surface area contributed by atoms with Gasteiger partial charge in [-0.05, 0) is 19.4 Å². The van der Waals surface area contributed by atoms with Crippen molar-refractivity contribution in [3.8, 4) is 0 Å². The van der Waals surface area contributed by atoms with Crippen LogP contribution in [0.1, 0.15) is 64.5 Å². The van der Waals surface area contributed by atoms with Gasteiger partial charge in [0.1, 0.15) is 0 Å². The van der Waals surface area contributed by atoms with Crippen LogP contribution in [0, 0.1) is 0 Å². The Balaban J connectivity index is 2.19. The molecule has 0 amide bonds. The van der Waals surface area contributed by atoms with Gasteiger partial charge in [-0.25, -0.2) is 4.99 Å². The second kappa shape index (κ2) is 12.1. The van der Waals surface area contributed by atoms with Crippen molar-refractivity contribution in [3.63, 3.8) is 0 Å². The quantitative estimate of drug-likeness (QED) is 0.375. The van der Waals surface area contributed by atoms with Crippen LogP contribution in [0.15, 0.2) is 17.3 Å². The number of hydrogen-bond donors (Lipinski definition) is 2. The van der Waals surface area contributed by atoms with Crippen LogP contribution in [-0.2, 0) is 13.6 Å². The number of hydrogen-bond acceptors (Lipinski definition) is 2. The summed E-state index contributed by atoms with van der Waals surface area (Å²) < 4.78 is 1.86. The van der Waals surface area contributed by atoms with E-state index >= 15 is 0 Å². The van der Waals surface area contributed by atoms with Gasteiger partial charge in [-0.1, -0.05) is 45.4 Å². The SMILES string of the molecule is CCCCCCCCCNC(=NCc1ccnn1C)NCC. The van der Waals surface area contributed by atoms with Gasteiger partial charge >= 0.3 is 0 Å². The average molecular weight is 307 g/mol. The number of aliphatic imine (C=N–C) groups is 1. The highest BCUT2D eigenvalue weighted by Gasteiger charge is 2.00. The molecule has 0 radical (unpaired) electrons. The van der Waals surface area contributed by atoms with Crippen molar-refractivity contribution >= 4 is 5.96 Å². The molecule has 0 atom stereocenters. The maximum atomic E-state index is 4.61. The lowest BCUT2D eigenvalue weighted by atomic mass is 10.1. The molecule has 0 spiro atoms. The smallest absolute Gasteiger partial charge is 0.191 e. The molecule has 126 valence electrons. The van der Waals surface area contributed by atoms with Crippen LogP contribution in [0.4, 0.5) is 0 Å². The van der Waals surface area contributed by atoms with Crippen molar-refractivity contribution in [1.29, 1.82) is 0 Å². The van der Waals surface area contributed by atoms with Crippen LogP contribution < -0.4 is 10.6 Å². The highest BCUT2D eigenvalue weighted by molar-refractivity contribution is 5.79. The first kappa shape index (κ1) is 18.5. The molecule has 0 aliphatic rings. The van der Waals surface area contributed by atoms with Gasteiger partial charge < -0.3 is 10.6 Å². The van der Waals surface area contributed by atoms with Crippen LogP contribution in [0.5, 0.6) is 0 Å². The summed E-state index contributed by atoms with van der Waals surface area (Å²) in [6, 6.07) is 2.00. The Morgan fingerprint density at radius 1 is 1.09 bits per heavy atom. The first-order valence-corrected chi connectivity index (χ1v) is 8.77. The zero-order valence-corrected chi connectivity index (χ0v) is 14.6. The minimum Gasteiger partial charge on any atom is -0.357 e. The Bertz CT molecular complexity index is 411. The van der Waals surface area contributed by atoms with Gasteiger partial charge in [0.05, 0.1) is 12.2 Å². The number of rotatable bonds is 11. The summed E-state index contributed by atoms with van der Waals surface area (Å²) in [7, 11) is 1.95. The Morgan fingerprint density at radius 3 is 2.45 bits per heavy atom. The number of nitrogens with zero attached hydrogens (tertiary/aromatic N) is 3. The Hall–Kier alpha value is -1.52. The maximum absolute atomic E-state index is 4.61. The molecule has 0 bridgehead atoms. The molecule has 0 aliphatic carbocycles. The van der Waals surface area contributed by atoms with E-state index in [1.807, 2.05) is 24.0 Å². The summed E-state index contributed by atoms with van der Waals surface area (Å²) >= 11 is 0. The van der Waals surface area contributed by atoms with Gasteiger partial charge in [0, 0.05) is 26.3 Å². The molecule has 5 heteroatoms. The third-order valence-corrected chi connectivity index (χ3v) is 3.74. The number of guanidine groups is 1. The summed E-state index contributed by atoms with van der Waals surface area (Å²) in [6.07, 6.45) is 11.1. The van der Waals surface area contributed by atoms with Crippen LogP contribution in [0.3, 0.4) is 0 Å². The number of aromatic nitrogens is 2. The van der Waals surface area contributed by atoms with E-state index in [9.17, 15) is 0 Å². The van der Waals surface area contributed by atoms with E-state index < -0.39 is 0 Å². The third-order valence-electron chi connectivity index (χ3n) is 3.74. The Kier molecular flexibility index (Phi) is 10.2. The number of nitrogens with one attached hydrogen (secondary N) is 2. The molecule has 0 unspecified atom stereocenters. The molecule has 0 saturated heterocycles. The van der Waals surface area contributed by atoms with Gasteiger partial charge in [-0.15, -0.1) is 0 Å². The molecule has 0 saturated carbocycles. The highest BCUT2D eigenvalue weighted by Crippen LogP contribution is 2.06. The summed E-state index contributed by atoms with van der Waals surface area (Å²) in [5, 5.41) is 10.9. The van der Waals surface area contributed by atoms with Gasteiger partial charge in [-0.2, -0.15) is 5.10 Å². The summed E-state index contributed by atoms with van der Waals surface area (Å²) in [5.41, 5.74) is 1.12. The predicted octanol–water partition coefficient (Wildman–Crippen LogP) is 3.23. The second-order valence-electron chi connectivity index (χ2n) is 5.69. The lowest BCUT2D eigenvalue weighted by Gasteiger charge is -2.11. The molecular formula is C17H33N5. The molecule has 1 rings (SSSR count). The van der Waals surface area contributed by atoms with Gasteiger partial charge in [0.2, 0.25) is 0 Å². The molecule has 5 nitrogen and oxygen atoms in total. The molecule has 1 aromatic rings. The molecule has 0 aliphatic heterocycles. The van der Waals surface area contributed by atoms with E-state index in [1.54, 1.807) is 0 Å². The van der Waals surface area contributed by atoms with Crippen molar-refractivity contribution in [2.24, 2.45) is 12.0 Å². The predicted molar refractivity (Wildman–Crippen MR) is 94.0 cm³/mol. The molecule has 2 N–H and O–H groups in total. The summed E-state index contributed by atoms with van der Waals surface area (Å²) in [5.74, 6) is 0.898. The fraction of sp³-hybridized carbons (Fsp3) is 0.765. The fourth-order valence-electron chi connectivity index (χ4n) is 2.35. The van der Waals surface area contributed by atoms with Gasteiger partial charge in [0.25, 0.3) is 0 Å². The zero-order chi connectivity index (χ0) is 16.0. The molecule has 1 aromatic heterocycles. The number of aryl methyl sites for hydroxylation is 1. The van der Waals surface area contributed by atoms with E-state index in [-0.39, 0.29) is 0 Å². The molecular weight excluding hydrogens is 274 g/mol. The highest BCUT2D eigenvalue weighted by atomic mass is 15.3. The lowest BCUT2D eigenvalue weighted by Crippen LogP contribution is -2.37. The Labute approximate surface area is 135 Å². The van der Waals surface area contributed by atoms with Gasteiger partial charge in [0.15, 0.2) is 5.96 Å². The van der Waals surface area contributed by atoms with Crippen molar-refractivity contribution in [2.45, 2.75) is 65.3 Å². The first-order chi connectivity index (χ1) is 10.8. The lowest BCUT2D eigenvalue weighted by molar-refractivity contribution is 0.583. The van der Waals surface area contributed by atoms with E-state index in [2.05, 4.69) is 34.6 Å². The molecule has 22 heavy (non-hydrogen) atoms. The van der Waals surface area contributed by atoms with Gasteiger partial charge in [-0.3, -0.25) is 4.68 Å². The monoisotopic (exact) mass is 307 g/mol. The second-order valence-corrected chi connectivity index (χ2v) is 5.69. The standard InChI is InChI=1S/C17H33N5/c1-4-6-7-8-9-10-11-13-19-17(18-5-2)20-15-16-12-14-21-22(16)3/h12,14H,4-11,13,15H2,1-3H3,(H2,18,19,20). The number of unbranched alkanes of at least 4 members (excludes halogenated alkanes) is 6. The normalized spacial score (nSPS) is 11.7. The summed E-state index contributed by atoms with van der Waals surface area (Å²) in [6.45, 7) is 6.88. The van der Waals surface area contributed by atoms with Crippen LogP contribution in [0.2, 0.25) is 0 Å². The fourth-order valence-corrected chi connectivity index (χ4v) is 2.35. The first-order valence-electron chi connectivity index (χ1n) is 8.77. The van der Waals surface area contributed by atoms with Crippen molar-refractivity contribution in [3.05, 3.63) is 18.0 Å². The molecule has 0 aromatic carbocycles. The van der Waals surface area contributed by atoms with Crippen LogP contribution in [-0.4, -0.2) is 28.8 Å². The van der Waals surface area contributed by atoms with E-state index in [1.165, 1.54) is 44.9 Å². The largest absolute Gasteiger partial charge is 0.357 e. The summed E-state index contributed by atoms with van der Waals surface area (Å²) in [4.78, 5) is 4.61. The Morgan fingerprint density at radius 2 is 1.82 bits per heavy atom. The van der Waals surface area contributed by atoms with E-state index in [0.717, 1.165) is 24.7 Å². The van der Waals surface area contributed by atoms with Crippen molar-refractivity contribution in [2.75, 3.05) is 13.1 Å². The van der Waals surface area contributed by atoms with Crippen LogP contribution >= 0.6 is 0 Å². The minimum absolute atomic E-state index is 0.656. The average Bonchev–Trinajstić information content (AvgIpc) is 2.92. The van der Waals surface area contributed by atoms with Crippen LogP contribution in [0.25, 0.3) is 0 Å². The van der Waals surface area contributed by atoms with Crippen molar-refractivity contribution in [1.82, 2.24) is 20.4 Å². The topological polar surface area (TPSA) is 54.2 Å². The van der Waals surface area contributed by atoms with Crippen molar-refractivity contribution < 1.29 is 0 Å². The van der Waals surface area contributed by atoms with E-state index in [0.29, 0.717) is 6.54 Å². The molecule has 0 fully saturated rings. The van der Waals surface area contributed by atoms with E-state index in [4.69, 9.17) is 0 Å². The third kappa shape index (κ3) is 8.05.